The highest BCUT2D eigenvalue weighted by Gasteiger charge is 2.50. The van der Waals surface area contributed by atoms with Crippen LogP contribution in [-0.4, -0.2) is 81.0 Å². The second kappa shape index (κ2) is 17.7. The van der Waals surface area contributed by atoms with E-state index in [1.165, 1.54) is 0 Å². The Morgan fingerprint density at radius 3 is 1.93 bits per heavy atom. The summed E-state index contributed by atoms with van der Waals surface area (Å²) in [5.74, 6) is 0.255. The van der Waals surface area contributed by atoms with Crippen LogP contribution in [0.3, 0.4) is 0 Å². The summed E-state index contributed by atoms with van der Waals surface area (Å²) in [5.41, 5.74) is 3.80. The number of nitrogens with one attached hydrogen (secondary N) is 2. The number of hydrogen-bond donors (Lipinski definition) is 2. The van der Waals surface area contributed by atoms with Crippen LogP contribution in [0.5, 0.6) is 11.5 Å². The molecule has 2 heterocycles. The zero-order valence-electron chi connectivity index (χ0n) is 32.8. The van der Waals surface area contributed by atoms with Gasteiger partial charge < -0.3 is 34.4 Å². The van der Waals surface area contributed by atoms with Crippen molar-refractivity contribution in [3.05, 3.63) is 119 Å². The highest BCUT2D eigenvalue weighted by atomic mass is 16.6. The van der Waals surface area contributed by atoms with Gasteiger partial charge >= 0.3 is 0 Å². The lowest BCUT2D eigenvalue weighted by molar-refractivity contribution is -0.132. The van der Waals surface area contributed by atoms with Crippen LogP contribution in [0.4, 0.5) is 0 Å². The molecule has 0 aliphatic carbocycles. The molecule has 56 heavy (non-hydrogen) atoms. The monoisotopic (exact) mass is 760 g/mol. The van der Waals surface area contributed by atoms with Gasteiger partial charge in [0.1, 0.15) is 29.0 Å². The molecule has 0 bridgehead atoms. The molecule has 0 radical (unpaired) electrons. The Labute approximate surface area is 329 Å². The molecule has 0 saturated carbocycles. The molecule has 2 aliphatic rings. The van der Waals surface area contributed by atoms with E-state index in [9.17, 15) is 19.2 Å². The number of carbonyl (C=O) groups excluding carboxylic acids is 4. The third-order valence-corrected chi connectivity index (χ3v) is 10.8. The molecule has 2 N–H and O–H groups in total. The van der Waals surface area contributed by atoms with Gasteiger partial charge in [0.25, 0.3) is 0 Å². The largest absolute Gasteiger partial charge is 0.497 e. The van der Waals surface area contributed by atoms with Gasteiger partial charge in [-0.1, -0.05) is 79.7 Å². The van der Waals surface area contributed by atoms with E-state index in [1.54, 1.807) is 21.1 Å². The number of amides is 1. The van der Waals surface area contributed by atoms with Gasteiger partial charge in [0.05, 0.1) is 39.5 Å². The quantitative estimate of drug-likeness (QED) is 0.0828. The minimum Gasteiger partial charge on any atom is -0.497 e. The van der Waals surface area contributed by atoms with E-state index in [2.05, 4.69) is 10.6 Å². The molecule has 0 spiro atoms. The van der Waals surface area contributed by atoms with Crippen LogP contribution in [0.25, 0.3) is 11.1 Å². The third-order valence-electron chi connectivity index (χ3n) is 10.8. The Morgan fingerprint density at radius 1 is 0.714 bits per heavy atom. The lowest BCUT2D eigenvalue weighted by Gasteiger charge is -2.23. The number of rotatable bonds is 21. The summed E-state index contributed by atoms with van der Waals surface area (Å²) < 4.78 is 22.0. The van der Waals surface area contributed by atoms with E-state index >= 15 is 0 Å². The van der Waals surface area contributed by atoms with Gasteiger partial charge in [0, 0.05) is 23.9 Å². The van der Waals surface area contributed by atoms with Crippen LogP contribution in [0.2, 0.25) is 0 Å². The minimum absolute atomic E-state index is 0.0112. The fraction of sp³-hybridized carbons (Fsp3) is 0.391. The molecule has 6 unspecified atom stereocenters. The van der Waals surface area contributed by atoms with Gasteiger partial charge in [-0.3, -0.25) is 14.4 Å². The molecule has 4 aromatic carbocycles. The maximum absolute atomic E-state index is 13.7. The van der Waals surface area contributed by atoms with E-state index in [0.29, 0.717) is 44.8 Å². The van der Waals surface area contributed by atoms with Crippen LogP contribution in [0.1, 0.15) is 43.0 Å². The molecule has 10 nitrogen and oxygen atoms in total. The van der Waals surface area contributed by atoms with Crippen molar-refractivity contribution in [1.29, 1.82) is 0 Å². The van der Waals surface area contributed by atoms with Crippen molar-refractivity contribution in [3.8, 4) is 22.6 Å². The van der Waals surface area contributed by atoms with Crippen molar-refractivity contribution in [2.45, 2.75) is 69.7 Å². The molecule has 2 aliphatic heterocycles. The van der Waals surface area contributed by atoms with Crippen molar-refractivity contribution in [2.75, 3.05) is 34.0 Å². The highest BCUT2D eigenvalue weighted by Crippen LogP contribution is 2.34. The van der Waals surface area contributed by atoms with E-state index < -0.39 is 29.2 Å². The minimum atomic E-state index is -0.922. The van der Waals surface area contributed by atoms with E-state index in [4.69, 9.17) is 18.9 Å². The van der Waals surface area contributed by atoms with Gasteiger partial charge in [0.2, 0.25) is 5.91 Å². The first-order valence-electron chi connectivity index (χ1n) is 19.2. The maximum atomic E-state index is 13.7. The third kappa shape index (κ3) is 10.2. The Bertz CT molecular complexity index is 2010. The summed E-state index contributed by atoms with van der Waals surface area (Å²) in [6.45, 7) is 6.46. The zero-order chi connectivity index (χ0) is 39.9. The molecule has 1 amide bonds. The Kier molecular flexibility index (Phi) is 12.8. The van der Waals surface area contributed by atoms with Crippen LogP contribution < -0.4 is 20.1 Å². The Morgan fingerprint density at radius 2 is 1.30 bits per heavy atom. The predicted molar refractivity (Wildman–Crippen MR) is 214 cm³/mol. The SMILES string of the molecule is COc1ccc(CC(C)C(=O)NC(Cc2cccc(-c3cc(CC(C=O)CNC(Cc4ccccc4)C(=O)C4(C)CO4)ccc3OC)c2)C(=O)C2(C)CO2)cc1. The number of methoxy groups -OCH3 is 2. The number of benzene rings is 4. The summed E-state index contributed by atoms with van der Waals surface area (Å²) in [6, 6.07) is 29.8. The van der Waals surface area contributed by atoms with Crippen molar-refractivity contribution < 1.29 is 38.1 Å². The number of hydrogen-bond acceptors (Lipinski definition) is 9. The summed E-state index contributed by atoms with van der Waals surface area (Å²) in [4.78, 5) is 53.0. The van der Waals surface area contributed by atoms with Gasteiger partial charge in [-0.15, -0.1) is 0 Å². The molecule has 6 atom stereocenters. The second-order valence-corrected chi connectivity index (χ2v) is 15.5. The first-order chi connectivity index (χ1) is 26.9. The average molecular weight is 761 g/mol. The smallest absolute Gasteiger partial charge is 0.223 e. The number of ether oxygens (including phenoxy) is 4. The van der Waals surface area contributed by atoms with E-state index in [1.807, 2.05) is 111 Å². The van der Waals surface area contributed by atoms with Crippen LogP contribution in [-0.2, 0) is 54.3 Å². The number of ketones is 2. The Hall–Kier alpha value is -5.16. The second-order valence-electron chi connectivity index (χ2n) is 15.5. The predicted octanol–water partition coefficient (Wildman–Crippen LogP) is 5.55. The molecular formula is C46H52N2O8. The topological polar surface area (TPSA) is 136 Å². The van der Waals surface area contributed by atoms with Crippen LogP contribution in [0, 0.1) is 11.8 Å². The van der Waals surface area contributed by atoms with Crippen LogP contribution >= 0.6 is 0 Å². The molecule has 294 valence electrons. The molecular weight excluding hydrogens is 709 g/mol. The summed E-state index contributed by atoms with van der Waals surface area (Å²) >= 11 is 0. The van der Waals surface area contributed by atoms with Gasteiger partial charge in [-0.05, 0) is 91.6 Å². The standard InChI is InChI=1S/C46H52N2O8/c1-30(20-32-14-17-37(53-4)18-15-32)44(52)48-40(43(51)46(3)29-56-46)25-33-12-9-13-36(22-33)38-23-34(16-19-41(38)54-5)21-35(27-49)26-47-39(42(50)45(2)28-55-45)24-31-10-7-6-8-11-31/h6-19,22-23,27,30,35,39-40,47H,20-21,24-26,28-29H2,1-5H3,(H,48,52). The highest BCUT2D eigenvalue weighted by molar-refractivity contribution is 5.97. The summed E-state index contributed by atoms with van der Waals surface area (Å²) in [6.07, 6.45) is 2.67. The molecule has 2 fully saturated rings. The van der Waals surface area contributed by atoms with Crippen molar-refractivity contribution in [2.24, 2.45) is 11.8 Å². The first kappa shape index (κ1) is 40.5. The van der Waals surface area contributed by atoms with Gasteiger partial charge in [-0.2, -0.15) is 0 Å². The van der Waals surface area contributed by atoms with Crippen molar-refractivity contribution in [1.82, 2.24) is 10.6 Å². The van der Waals surface area contributed by atoms with Gasteiger partial charge in [0.15, 0.2) is 11.6 Å². The normalized spacial score (nSPS) is 20.5. The fourth-order valence-corrected chi connectivity index (χ4v) is 7.05. The maximum Gasteiger partial charge on any atom is 0.223 e. The zero-order valence-corrected chi connectivity index (χ0v) is 32.8. The number of Topliss-reactive ketones (excluding diaryl/α,β-unsaturated/α-hetero) is 2. The van der Waals surface area contributed by atoms with E-state index in [-0.39, 0.29) is 29.8 Å². The van der Waals surface area contributed by atoms with E-state index in [0.717, 1.165) is 45.4 Å². The van der Waals surface area contributed by atoms with Gasteiger partial charge in [-0.25, -0.2) is 0 Å². The lowest BCUT2D eigenvalue weighted by atomic mass is 9.91. The average Bonchev–Trinajstić information content (AvgIpc) is 4.16. The van der Waals surface area contributed by atoms with Crippen molar-refractivity contribution in [3.63, 3.8) is 0 Å². The molecule has 2 saturated heterocycles. The molecule has 0 aromatic heterocycles. The molecule has 6 rings (SSSR count). The molecule has 4 aromatic rings. The first-order valence-corrected chi connectivity index (χ1v) is 19.2. The number of carbonyl (C=O) groups is 4. The Balaban J connectivity index is 1.15. The fourth-order valence-electron chi connectivity index (χ4n) is 7.05. The number of epoxide rings is 2. The van der Waals surface area contributed by atoms with Crippen LogP contribution in [0.15, 0.2) is 97.1 Å². The number of aldehydes is 1. The summed E-state index contributed by atoms with van der Waals surface area (Å²) in [7, 11) is 3.23. The molecule has 10 heteroatoms. The summed E-state index contributed by atoms with van der Waals surface area (Å²) in [5, 5.41) is 6.42. The van der Waals surface area contributed by atoms with Crippen molar-refractivity contribution >= 4 is 23.8 Å². The lowest BCUT2D eigenvalue weighted by Crippen LogP contribution is -2.49.